The smallest absolute Gasteiger partial charge is 0.252 e. The Morgan fingerprint density at radius 1 is 1.47 bits per heavy atom. The highest BCUT2D eigenvalue weighted by molar-refractivity contribution is 6.42. The molecule has 0 unspecified atom stereocenters. The number of carbonyl (C=O) groups is 1. The summed E-state index contributed by atoms with van der Waals surface area (Å²) in [6.45, 7) is 3.50. The number of halogens is 2. The first-order valence-electron chi connectivity index (χ1n) is 5.10. The second kappa shape index (κ2) is 5.39. The molecule has 0 fully saturated rings. The molecule has 0 aromatic heterocycles. The van der Waals surface area contributed by atoms with Crippen LogP contribution in [0.5, 0.6) is 0 Å². The van der Waals surface area contributed by atoms with E-state index in [4.69, 9.17) is 28.5 Å². The van der Waals surface area contributed by atoms with E-state index in [0.29, 0.717) is 22.0 Å². The highest BCUT2D eigenvalue weighted by atomic mass is 35.5. The van der Waals surface area contributed by atoms with Crippen molar-refractivity contribution in [1.29, 1.82) is 5.26 Å². The largest absolute Gasteiger partial charge is 0.334 e. The van der Waals surface area contributed by atoms with E-state index in [1.54, 1.807) is 19.1 Å². The SMILES string of the molecule is CC[C@@](C)(C#N)NC(=O)c1ccc(Cl)c(Cl)c1. The summed E-state index contributed by atoms with van der Waals surface area (Å²) in [6, 6.07) is 6.66. The molecule has 1 aromatic carbocycles. The van der Waals surface area contributed by atoms with Gasteiger partial charge in [0.1, 0.15) is 5.54 Å². The molecule has 1 atom stereocenters. The summed E-state index contributed by atoms with van der Waals surface area (Å²) in [6.07, 6.45) is 0.524. The zero-order valence-corrected chi connectivity index (χ0v) is 11.1. The van der Waals surface area contributed by atoms with Gasteiger partial charge in [-0.05, 0) is 31.5 Å². The van der Waals surface area contributed by atoms with E-state index >= 15 is 0 Å². The maximum absolute atomic E-state index is 11.9. The fourth-order valence-electron chi connectivity index (χ4n) is 1.16. The molecule has 5 heteroatoms. The van der Waals surface area contributed by atoms with Gasteiger partial charge in [-0.25, -0.2) is 0 Å². The molecule has 17 heavy (non-hydrogen) atoms. The highest BCUT2D eigenvalue weighted by Gasteiger charge is 2.24. The highest BCUT2D eigenvalue weighted by Crippen LogP contribution is 2.22. The van der Waals surface area contributed by atoms with Crippen molar-refractivity contribution in [2.45, 2.75) is 25.8 Å². The first-order valence-corrected chi connectivity index (χ1v) is 5.86. The molecule has 0 saturated heterocycles. The minimum atomic E-state index is -0.872. The normalized spacial score (nSPS) is 13.6. The quantitative estimate of drug-likeness (QED) is 0.915. The van der Waals surface area contributed by atoms with Crippen molar-refractivity contribution in [2.24, 2.45) is 0 Å². The Bertz CT molecular complexity index is 482. The molecule has 1 amide bonds. The maximum Gasteiger partial charge on any atom is 0.252 e. The lowest BCUT2D eigenvalue weighted by Gasteiger charge is -2.21. The number of hydrogen-bond donors (Lipinski definition) is 1. The lowest BCUT2D eigenvalue weighted by atomic mass is 10.0. The van der Waals surface area contributed by atoms with Gasteiger partial charge in [-0.2, -0.15) is 5.26 Å². The molecule has 90 valence electrons. The summed E-state index contributed by atoms with van der Waals surface area (Å²) in [5.74, 6) is -0.338. The minimum absolute atomic E-state index is 0.314. The maximum atomic E-state index is 11.9. The number of rotatable bonds is 3. The monoisotopic (exact) mass is 270 g/mol. The molecule has 0 aliphatic rings. The van der Waals surface area contributed by atoms with Gasteiger partial charge in [-0.15, -0.1) is 0 Å². The van der Waals surface area contributed by atoms with Gasteiger partial charge in [0.15, 0.2) is 0 Å². The molecular weight excluding hydrogens is 259 g/mol. The first-order chi connectivity index (χ1) is 7.91. The van der Waals surface area contributed by atoms with Crippen LogP contribution in [0.25, 0.3) is 0 Å². The molecule has 0 radical (unpaired) electrons. The predicted molar refractivity (Wildman–Crippen MR) is 68.2 cm³/mol. The standard InChI is InChI=1S/C12H12Cl2N2O/c1-3-12(2,7-15)16-11(17)8-4-5-9(13)10(14)6-8/h4-6H,3H2,1-2H3,(H,16,17)/t12-/m0/s1. The average Bonchev–Trinajstić information content (AvgIpc) is 2.32. The van der Waals surface area contributed by atoms with Crippen LogP contribution < -0.4 is 5.32 Å². The van der Waals surface area contributed by atoms with Crippen LogP contribution in [-0.4, -0.2) is 11.4 Å². The summed E-state index contributed by atoms with van der Waals surface area (Å²) in [4.78, 5) is 11.9. The number of carbonyl (C=O) groups excluding carboxylic acids is 1. The van der Waals surface area contributed by atoms with Crippen LogP contribution in [0, 0.1) is 11.3 Å². The second-order valence-electron chi connectivity index (χ2n) is 3.88. The molecule has 1 aromatic rings. The molecule has 0 heterocycles. The Morgan fingerprint density at radius 3 is 2.59 bits per heavy atom. The van der Waals surface area contributed by atoms with E-state index in [2.05, 4.69) is 11.4 Å². The Balaban J connectivity index is 2.91. The zero-order valence-electron chi connectivity index (χ0n) is 9.55. The van der Waals surface area contributed by atoms with Crippen molar-refractivity contribution < 1.29 is 4.79 Å². The van der Waals surface area contributed by atoms with Crippen molar-refractivity contribution in [3.8, 4) is 6.07 Å². The fraction of sp³-hybridized carbons (Fsp3) is 0.333. The number of nitrogens with zero attached hydrogens (tertiary/aromatic N) is 1. The number of amides is 1. The van der Waals surface area contributed by atoms with Gasteiger partial charge in [-0.3, -0.25) is 4.79 Å². The molecule has 1 N–H and O–H groups in total. The molecular formula is C12H12Cl2N2O. The Hall–Kier alpha value is -1.24. The van der Waals surface area contributed by atoms with Gasteiger partial charge >= 0.3 is 0 Å². The average molecular weight is 271 g/mol. The van der Waals surface area contributed by atoms with Crippen molar-refractivity contribution in [1.82, 2.24) is 5.32 Å². The van der Waals surface area contributed by atoms with E-state index < -0.39 is 5.54 Å². The number of nitrogens with one attached hydrogen (secondary N) is 1. The molecule has 0 aliphatic heterocycles. The lowest BCUT2D eigenvalue weighted by Crippen LogP contribution is -2.44. The zero-order chi connectivity index (χ0) is 13.1. The number of benzene rings is 1. The van der Waals surface area contributed by atoms with E-state index in [-0.39, 0.29) is 5.91 Å². The van der Waals surface area contributed by atoms with Gasteiger partial charge in [0.05, 0.1) is 16.1 Å². The second-order valence-corrected chi connectivity index (χ2v) is 4.69. The van der Waals surface area contributed by atoms with Crippen LogP contribution in [-0.2, 0) is 0 Å². The summed E-state index contributed by atoms with van der Waals surface area (Å²) in [5.41, 5.74) is -0.488. The molecule has 3 nitrogen and oxygen atoms in total. The van der Waals surface area contributed by atoms with Crippen LogP contribution in [0.2, 0.25) is 10.0 Å². The fourth-order valence-corrected chi connectivity index (χ4v) is 1.45. The van der Waals surface area contributed by atoms with E-state index in [0.717, 1.165) is 0 Å². The first kappa shape index (κ1) is 13.8. The third-order valence-corrected chi connectivity index (χ3v) is 3.26. The van der Waals surface area contributed by atoms with E-state index in [9.17, 15) is 4.79 Å². The minimum Gasteiger partial charge on any atom is -0.334 e. The number of hydrogen-bond acceptors (Lipinski definition) is 2. The molecule has 0 aliphatic carbocycles. The van der Waals surface area contributed by atoms with Crippen molar-refractivity contribution >= 4 is 29.1 Å². The topological polar surface area (TPSA) is 52.9 Å². The molecule has 0 spiro atoms. The van der Waals surface area contributed by atoms with Crippen molar-refractivity contribution in [3.63, 3.8) is 0 Å². The summed E-state index contributed by atoms with van der Waals surface area (Å²) >= 11 is 11.6. The van der Waals surface area contributed by atoms with Crippen LogP contribution in [0.4, 0.5) is 0 Å². The molecule has 0 bridgehead atoms. The third kappa shape index (κ3) is 3.36. The van der Waals surface area contributed by atoms with Gasteiger partial charge in [0.25, 0.3) is 5.91 Å². The Morgan fingerprint density at radius 2 is 2.12 bits per heavy atom. The summed E-state index contributed by atoms with van der Waals surface area (Å²) in [7, 11) is 0. The van der Waals surface area contributed by atoms with Gasteiger partial charge in [-0.1, -0.05) is 30.1 Å². The van der Waals surface area contributed by atoms with Crippen LogP contribution in [0.3, 0.4) is 0 Å². The van der Waals surface area contributed by atoms with Crippen LogP contribution in [0.1, 0.15) is 30.6 Å². The lowest BCUT2D eigenvalue weighted by molar-refractivity contribution is 0.0923. The summed E-state index contributed by atoms with van der Waals surface area (Å²) < 4.78 is 0. The van der Waals surface area contributed by atoms with E-state index in [1.165, 1.54) is 6.07 Å². The van der Waals surface area contributed by atoms with Gasteiger partial charge in [0, 0.05) is 5.56 Å². The van der Waals surface area contributed by atoms with Gasteiger partial charge in [0.2, 0.25) is 0 Å². The third-order valence-electron chi connectivity index (χ3n) is 2.53. The van der Waals surface area contributed by atoms with Crippen molar-refractivity contribution in [2.75, 3.05) is 0 Å². The van der Waals surface area contributed by atoms with Crippen LogP contribution >= 0.6 is 23.2 Å². The predicted octanol–water partition coefficient (Wildman–Crippen LogP) is 3.42. The van der Waals surface area contributed by atoms with Gasteiger partial charge < -0.3 is 5.32 Å². The van der Waals surface area contributed by atoms with Crippen LogP contribution in [0.15, 0.2) is 18.2 Å². The van der Waals surface area contributed by atoms with Crippen molar-refractivity contribution in [3.05, 3.63) is 33.8 Å². The Labute approximate surface area is 110 Å². The Kier molecular flexibility index (Phi) is 4.39. The number of nitriles is 1. The molecule has 0 saturated carbocycles. The van der Waals surface area contributed by atoms with E-state index in [1.807, 2.05) is 6.92 Å². The summed E-state index contributed by atoms with van der Waals surface area (Å²) in [5, 5.41) is 12.3. The molecule has 1 rings (SSSR count).